The highest BCUT2D eigenvalue weighted by molar-refractivity contribution is 6.27. The first-order valence-corrected chi connectivity index (χ1v) is 8.08. The molecule has 1 atom stereocenters. The minimum absolute atomic E-state index is 0.108. The Hall–Kier alpha value is -2.22. The number of nitrogens with zero attached hydrogens (tertiary/aromatic N) is 2. The number of imide groups is 1. The van der Waals surface area contributed by atoms with Gasteiger partial charge in [0.05, 0.1) is 12.2 Å². The minimum Gasteiger partial charge on any atom is -0.450 e. The van der Waals surface area contributed by atoms with E-state index in [1.165, 1.54) is 11.9 Å². The Kier molecular flexibility index (Phi) is 7.57. The molecule has 0 aliphatic carbocycles. The third-order valence-corrected chi connectivity index (χ3v) is 3.91. The van der Waals surface area contributed by atoms with Crippen LogP contribution in [0.25, 0.3) is 0 Å². The molecule has 0 aromatic carbocycles. The summed E-state index contributed by atoms with van der Waals surface area (Å²) < 4.78 is 4.62. The summed E-state index contributed by atoms with van der Waals surface area (Å²) in [7, 11) is 1.48. The molecule has 0 saturated heterocycles. The average Bonchev–Trinajstić information content (AvgIpc) is 2.54. The highest BCUT2D eigenvalue weighted by Gasteiger charge is 2.38. The summed E-state index contributed by atoms with van der Waals surface area (Å²) in [5.41, 5.74) is -0.213. The number of carbonyl (C=O) groups is 4. The predicted molar refractivity (Wildman–Crippen MR) is 86.9 cm³/mol. The predicted octanol–water partition coefficient (Wildman–Crippen LogP) is 0.532. The molecular weight excluding hydrogens is 314 g/mol. The molecule has 1 unspecified atom stereocenters. The van der Waals surface area contributed by atoms with Gasteiger partial charge in [0.2, 0.25) is 5.91 Å². The van der Waals surface area contributed by atoms with E-state index in [2.05, 4.69) is 9.64 Å². The number of rotatable bonds is 7. The van der Waals surface area contributed by atoms with Gasteiger partial charge in [-0.25, -0.2) is 4.79 Å². The summed E-state index contributed by atoms with van der Waals surface area (Å²) in [6.07, 6.45) is 0.566. The normalized spacial score (nSPS) is 17.8. The van der Waals surface area contributed by atoms with Crippen LogP contribution in [0.5, 0.6) is 0 Å². The molecule has 8 heteroatoms. The smallest absolute Gasteiger partial charge is 0.414 e. The van der Waals surface area contributed by atoms with Gasteiger partial charge in [-0.2, -0.15) is 0 Å². The summed E-state index contributed by atoms with van der Waals surface area (Å²) in [5, 5.41) is 1.99. The Morgan fingerprint density at radius 3 is 2.42 bits per heavy atom. The number of amides is 3. The maximum atomic E-state index is 12.5. The van der Waals surface area contributed by atoms with Crippen LogP contribution in [-0.4, -0.2) is 66.8 Å². The number of nitrogens with one attached hydrogen (secondary N) is 1. The molecule has 1 rings (SSSR count). The van der Waals surface area contributed by atoms with Crippen molar-refractivity contribution in [3.8, 4) is 0 Å². The standard InChI is InChI=1S/C16H25N3O5/c1-5-19(6-2)9-8-11-13(20)12(10-18(4)15(11)22)14(21)17-16(23)24-7-3/h10-11H,5-9H2,1-4H3,(H,17,21,23). The number of ether oxygens (including phenoxy) is 1. The Bertz CT molecular complexity index is 540. The molecule has 8 nitrogen and oxygen atoms in total. The van der Waals surface area contributed by atoms with Crippen molar-refractivity contribution in [1.29, 1.82) is 0 Å². The van der Waals surface area contributed by atoms with Crippen LogP contribution in [0.15, 0.2) is 11.8 Å². The van der Waals surface area contributed by atoms with Crippen molar-refractivity contribution in [2.45, 2.75) is 27.2 Å². The highest BCUT2D eigenvalue weighted by atomic mass is 16.5. The molecule has 0 fully saturated rings. The topological polar surface area (TPSA) is 96.0 Å². The first kappa shape index (κ1) is 19.8. The molecule has 1 aliphatic rings. The molecule has 0 aromatic heterocycles. The fourth-order valence-electron chi connectivity index (χ4n) is 2.47. The molecule has 0 radical (unpaired) electrons. The number of hydrogen-bond acceptors (Lipinski definition) is 6. The number of alkyl carbamates (subject to hydrolysis) is 1. The largest absolute Gasteiger partial charge is 0.450 e. The van der Waals surface area contributed by atoms with Gasteiger partial charge in [-0.1, -0.05) is 13.8 Å². The van der Waals surface area contributed by atoms with Gasteiger partial charge in [0.25, 0.3) is 5.91 Å². The Labute approximate surface area is 141 Å². The van der Waals surface area contributed by atoms with Crippen molar-refractivity contribution in [2.24, 2.45) is 5.92 Å². The van der Waals surface area contributed by atoms with Gasteiger partial charge in [-0.3, -0.25) is 19.7 Å². The lowest BCUT2D eigenvalue weighted by molar-refractivity contribution is -0.139. The van der Waals surface area contributed by atoms with Crippen LogP contribution in [0.1, 0.15) is 27.2 Å². The van der Waals surface area contributed by atoms with Crippen molar-refractivity contribution < 1.29 is 23.9 Å². The number of Topliss-reactive ketones (excluding diaryl/α,β-unsaturated/α-hetero) is 1. The van der Waals surface area contributed by atoms with Crippen molar-refractivity contribution in [2.75, 3.05) is 33.3 Å². The lowest BCUT2D eigenvalue weighted by Gasteiger charge is -2.28. The molecule has 0 spiro atoms. The molecule has 0 aromatic rings. The second-order valence-electron chi connectivity index (χ2n) is 5.40. The van der Waals surface area contributed by atoms with Crippen LogP contribution >= 0.6 is 0 Å². The fourth-order valence-corrected chi connectivity index (χ4v) is 2.47. The molecule has 1 heterocycles. The van der Waals surface area contributed by atoms with Gasteiger partial charge < -0.3 is 14.5 Å². The van der Waals surface area contributed by atoms with E-state index in [9.17, 15) is 19.2 Å². The van der Waals surface area contributed by atoms with Crippen LogP contribution in [0, 0.1) is 5.92 Å². The van der Waals surface area contributed by atoms with E-state index in [0.717, 1.165) is 19.3 Å². The monoisotopic (exact) mass is 339 g/mol. The first-order valence-electron chi connectivity index (χ1n) is 8.08. The van der Waals surface area contributed by atoms with Crippen LogP contribution in [0.4, 0.5) is 4.79 Å². The van der Waals surface area contributed by atoms with Gasteiger partial charge in [0, 0.05) is 13.2 Å². The molecule has 1 aliphatic heterocycles. The average molecular weight is 339 g/mol. The second kappa shape index (κ2) is 9.17. The molecular formula is C16H25N3O5. The van der Waals surface area contributed by atoms with Gasteiger partial charge in [-0.15, -0.1) is 0 Å². The number of ketones is 1. The third kappa shape index (κ3) is 4.89. The summed E-state index contributed by atoms with van der Waals surface area (Å²) in [5.74, 6) is -2.68. The van der Waals surface area contributed by atoms with E-state index < -0.39 is 23.7 Å². The molecule has 0 saturated carbocycles. The molecule has 3 amide bonds. The summed E-state index contributed by atoms with van der Waals surface area (Å²) in [4.78, 5) is 51.5. The second-order valence-corrected chi connectivity index (χ2v) is 5.40. The third-order valence-electron chi connectivity index (χ3n) is 3.91. The lowest BCUT2D eigenvalue weighted by Crippen LogP contribution is -2.45. The maximum Gasteiger partial charge on any atom is 0.414 e. The van der Waals surface area contributed by atoms with E-state index in [1.54, 1.807) is 6.92 Å². The Balaban J connectivity index is 2.86. The zero-order chi connectivity index (χ0) is 18.3. The van der Waals surface area contributed by atoms with E-state index in [4.69, 9.17) is 0 Å². The van der Waals surface area contributed by atoms with Crippen molar-refractivity contribution in [3.63, 3.8) is 0 Å². The van der Waals surface area contributed by atoms with E-state index in [0.29, 0.717) is 13.0 Å². The minimum atomic E-state index is -0.921. The van der Waals surface area contributed by atoms with Crippen LogP contribution in [-0.2, 0) is 19.1 Å². The zero-order valence-electron chi connectivity index (χ0n) is 14.6. The van der Waals surface area contributed by atoms with Gasteiger partial charge in [0.1, 0.15) is 5.92 Å². The van der Waals surface area contributed by atoms with Gasteiger partial charge in [0.15, 0.2) is 5.78 Å². The van der Waals surface area contributed by atoms with Crippen molar-refractivity contribution >= 4 is 23.7 Å². The van der Waals surface area contributed by atoms with Crippen LogP contribution in [0.3, 0.4) is 0 Å². The highest BCUT2D eigenvalue weighted by Crippen LogP contribution is 2.21. The summed E-state index contributed by atoms with van der Waals surface area (Å²) >= 11 is 0. The number of hydrogen-bond donors (Lipinski definition) is 1. The fraction of sp³-hybridized carbons (Fsp3) is 0.625. The maximum absolute atomic E-state index is 12.5. The van der Waals surface area contributed by atoms with Gasteiger partial charge >= 0.3 is 6.09 Å². The Morgan fingerprint density at radius 2 is 1.88 bits per heavy atom. The van der Waals surface area contributed by atoms with Crippen LogP contribution < -0.4 is 5.32 Å². The molecule has 1 N–H and O–H groups in total. The van der Waals surface area contributed by atoms with Crippen molar-refractivity contribution in [1.82, 2.24) is 15.1 Å². The molecule has 134 valence electrons. The first-order chi connectivity index (χ1) is 11.3. The summed E-state index contributed by atoms with van der Waals surface area (Å²) in [6, 6.07) is 0. The Morgan fingerprint density at radius 1 is 1.25 bits per heavy atom. The SMILES string of the molecule is CCOC(=O)NC(=O)C1=CN(C)C(=O)C(CCN(CC)CC)C1=O. The van der Waals surface area contributed by atoms with E-state index in [1.807, 2.05) is 19.2 Å². The van der Waals surface area contributed by atoms with E-state index >= 15 is 0 Å². The summed E-state index contributed by atoms with van der Waals surface area (Å²) in [6.45, 7) is 7.91. The van der Waals surface area contributed by atoms with Crippen molar-refractivity contribution in [3.05, 3.63) is 11.8 Å². The van der Waals surface area contributed by atoms with Crippen LogP contribution in [0.2, 0.25) is 0 Å². The quantitative estimate of drug-likeness (QED) is 0.537. The lowest BCUT2D eigenvalue weighted by atomic mass is 9.90. The zero-order valence-corrected chi connectivity index (χ0v) is 14.6. The molecule has 0 bridgehead atoms. The molecule has 24 heavy (non-hydrogen) atoms. The number of carbonyl (C=O) groups excluding carboxylic acids is 4. The van der Waals surface area contributed by atoms with E-state index in [-0.39, 0.29) is 18.1 Å². The van der Waals surface area contributed by atoms with Gasteiger partial charge in [-0.05, 0) is 33.0 Å².